The van der Waals surface area contributed by atoms with Gasteiger partial charge in [-0.1, -0.05) is 12.1 Å². The molecule has 0 saturated carbocycles. The SMILES string of the molecule is CC(=O)OOc1cccc(C)c1C. The Morgan fingerprint density at radius 1 is 1.31 bits per heavy atom. The molecule has 0 aliphatic heterocycles. The molecule has 3 heteroatoms. The highest BCUT2D eigenvalue weighted by atomic mass is 17.2. The zero-order valence-corrected chi connectivity index (χ0v) is 7.96. The molecule has 0 aromatic heterocycles. The van der Waals surface area contributed by atoms with E-state index in [0.717, 1.165) is 11.1 Å². The van der Waals surface area contributed by atoms with Gasteiger partial charge in [-0.25, -0.2) is 4.79 Å². The van der Waals surface area contributed by atoms with Gasteiger partial charge in [-0.3, -0.25) is 9.78 Å². The first kappa shape index (κ1) is 9.58. The summed E-state index contributed by atoms with van der Waals surface area (Å²) in [5.74, 6) is 0.121. The van der Waals surface area contributed by atoms with Crippen LogP contribution in [0.15, 0.2) is 18.2 Å². The number of aryl methyl sites for hydroxylation is 1. The molecule has 0 aliphatic carbocycles. The maximum Gasteiger partial charge on any atom is 0.352 e. The van der Waals surface area contributed by atoms with Gasteiger partial charge in [-0.05, 0) is 31.0 Å². The number of carbonyl (C=O) groups excluding carboxylic acids is 1. The van der Waals surface area contributed by atoms with Gasteiger partial charge in [-0.2, -0.15) is 0 Å². The highest BCUT2D eigenvalue weighted by Gasteiger charge is 2.03. The smallest absolute Gasteiger partial charge is 0.287 e. The van der Waals surface area contributed by atoms with Crippen molar-refractivity contribution in [3.05, 3.63) is 29.3 Å². The summed E-state index contributed by atoms with van der Waals surface area (Å²) >= 11 is 0. The average molecular weight is 180 g/mol. The van der Waals surface area contributed by atoms with Crippen LogP contribution in [0.1, 0.15) is 18.1 Å². The summed E-state index contributed by atoms with van der Waals surface area (Å²) in [5, 5.41) is 0. The van der Waals surface area contributed by atoms with E-state index in [1.54, 1.807) is 6.07 Å². The third kappa shape index (κ3) is 2.47. The monoisotopic (exact) mass is 180 g/mol. The Kier molecular flexibility index (Phi) is 2.90. The van der Waals surface area contributed by atoms with Crippen molar-refractivity contribution >= 4 is 5.97 Å². The Morgan fingerprint density at radius 2 is 2.00 bits per heavy atom. The first-order chi connectivity index (χ1) is 6.11. The first-order valence-corrected chi connectivity index (χ1v) is 4.02. The number of rotatable bonds is 2. The van der Waals surface area contributed by atoms with Gasteiger partial charge in [0.05, 0.1) is 0 Å². The zero-order valence-electron chi connectivity index (χ0n) is 7.96. The van der Waals surface area contributed by atoms with E-state index in [9.17, 15) is 4.79 Å². The molecule has 13 heavy (non-hydrogen) atoms. The lowest BCUT2D eigenvalue weighted by Gasteiger charge is -2.06. The maximum absolute atomic E-state index is 10.5. The van der Waals surface area contributed by atoms with Crippen LogP contribution < -0.4 is 4.89 Å². The molecule has 0 saturated heterocycles. The summed E-state index contributed by atoms with van der Waals surface area (Å²) in [6.45, 7) is 5.18. The van der Waals surface area contributed by atoms with Crippen LogP contribution in [0.25, 0.3) is 0 Å². The van der Waals surface area contributed by atoms with E-state index in [0.29, 0.717) is 5.75 Å². The van der Waals surface area contributed by atoms with Crippen molar-refractivity contribution < 1.29 is 14.6 Å². The minimum atomic E-state index is -0.457. The highest BCUT2D eigenvalue weighted by Crippen LogP contribution is 2.20. The van der Waals surface area contributed by atoms with E-state index in [4.69, 9.17) is 4.89 Å². The molecule has 0 aliphatic rings. The van der Waals surface area contributed by atoms with Crippen molar-refractivity contribution in [3.63, 3.8) is 0 Å². The largest absolute Gasteiger partial charge is 0.352 e. The van der Waals surface area contributed by atoms with Crippen molar-refractivity contribution in [1.82, 2.24) is 0 Å². The van der Waals surface area contributed by atoms with Crippen LogP contribution in [0.4, 0.5) is 0 Å². The summed E-state index contributed by atoms with van der Waals surface area (Å²) in [4.78, 5) is 19.7. The Labute approximate surface area is 77.2 Å². The van der Waals surface area contributed by atoms with Crippen LogP contribution in [0.3, 0.4) is 0 Å². The van der Waals surface area contributed by atoms with Gasteiger partial charge in [0.15, 0.2) is 5.75 Å². The van der Waals surface area contributed by atoms with Crippen molar-refractivity contribution in [1.29, 1.82) is 0 Å². The quantitative estimate of drug-likeness (QED) is 0.516. The summed E-state index contributed by atoms with van der Waals surface area (Å²) in [7, 11) is 0. The topological polar surface area (TPSA) is 35.5 Å². The minimum Gasteiger partial charge on any atom is -0.287 e. The fourth-order valence-corrected chi connectivity index (χ4v) is 0.918. The molecule has 1 rings (SSSR count). The molecule has 0 N–H and O–H groups in total. The molecule has 0 unspecified atom stereocenters. The molecule has 0 heterocycles. The third-order valence-electron chi connectivity index (χ3n) is 1.80. The normalized spacial score (nSPS) is 9.46. The van der Waals surface area contributed by atoms with Crippen molar-refractivity contribution in [2.24, 2.45) is 0 Å². The lowest BCUT2D eigenvalue weighted by Crippen LogP contribution is -2.04. The van der Waals surface area contributed by atoms with Gasteiger partial charge < -0.3 is 0 Å². The first-order valence-electron chi connectivity index (χ1n) is 4.02. The number of benzene rings is 1. The fraction of sp³-hybridized carbons (Fsp3) is 0.300. The van der Waals surface area contributed by atoms with Crippen molar-refractivity contribution in [3.8, 4) is 5.75 Å². The van der Waals surface area contributed by atoms with E-state index in [1.165, 1.54) is 6.92 Å². The van der Waals surface area contributed by atoms with E-state index >= 15 is 0 Å². The second-order valence-corrected chi connectivity index (χ2v) is 2.86. The Hall–Kier alpha value is -1.51. The molecule has 0 atom stereocenters. The van der Waals surface area contributed by atoms with Crippen LogP contribution in [0, 0.1) is 13.8 Å². The van der Waals surface area contributed by atoms with Gasteiger partial charge in [0, 0.05) is 6.92 Å². The summed E-state index contributed by atoms with van der Waals surface area (Å²) in [5.41, 5.74) is 2.08. The average Bonchev–Trinajstić information content (AvgIpc) is 2.07. The predicted octanol–water partition coefficient (Wildman–Crippen LogP) is 2.16. The van der Waals surface area contributed by atoms with Gasteiger partial charge >= 0.3 is 5.97 Å². The molecular weight excluding hydrogens is 168 g/mol. The molecule has 1 aromatic carbocycles. The van der Waals surface area contributed by atoms with Crippen molar-refractivity contribution in [2.45, 2.75) is 20.8 Å². The molecule has 0 spiro atoms. The fourth-order valence-electron chi connectivity index (χ4n) is 0.918. The summed E-state index contributed by atoms with van der Waals surface area (Å²) in [6, 6.07) is 5.57. The minimum absolute atomic E-state index is 0.457. The Balaban J connectivity index is 2.77. The predicted molar refractivity (Wildman–Crippen MR) is 48.3 cm³/mol. The second kappa shape index (κ2) is 3.94. The Morgan fingerprint density at radius 3 is 2.62 bits per heavy atom. The van der Waals surface area contributed by atoms with E-state index in [-0.39, 0.29) is 0 Å². The van der Waals surface area contributed by atoms with E-state index in [2.05, 4.69) is 4.89 Å². The van der Waals surface area contributed by atoms with Crippen LogP contribution in [-0.4, -0.2) is 5.97 Å². The number of carbonyl (C=O) groups is 1. The van der Waals surface area contributed by atoms with Crippen LogP contribution in [0.5, 0.6) is 5.75 Å². The molecule has 3 nitrogen and oxygen atoms in total. The lowest BCUT2D eigenvalue weighted by atomic mass is 10.1. The molecule has 0 radical (unpaired) electrons. The standard InChI is InChI=1S/C10H12O3/c1-7-5-4-6-10(8(7)2)13-12-9(3)11/h4-6H,1-3H3. The van der Waals surface area contributed by atoms with Crippen LogP contribution >= 0.6 is 0 Å². The van der Waals surface area contributed by atoms with Crippen LogP contribution in [-0.2, 0) is 9.68 Å². The molecule has 1 aromatic rings. The zero-order chi connectivity index (χ0) is 9.84. The number of hydrogen-bond donors (Lipinski definition) is 0. The molecule has 0 bridgehead atoms. The van der Waals surface area contributed by atoms with Crippen LogP contribution in [0.2, 0.25) is 0 Å². The van der Waals surface area contributed by atoms with Gasteiger partial charge in [0.1, 0.15) is 0 Å². The van der Waals surface area contributed by atoms with Gasteiger partial charge in [-0.15, -0.1) is 0 Å². The Bertz CT molecular complexity index is 318. The molecular formula is C10H12O3. The van der Waals surface area contributed by atoms with Gasteiger partial charge in [0.2, 0.25) is 0 Å². The van der Waals surface area contributed by atoms with E-state index in [1.807, 2.05) is 26.0 Å². The third-order valence-corrected chi connectivity index (χ3v) is 1.80. The molecule has 0 fully saturated rings. The second-order valence-electron chi connectivity index (χ2n) is 2.86. The molecule has 70 valence electrons. The highest BCUT2D eigenvalue weighted by molar-refractivity contribution is 5.65. The van der Waals surface area contributed by atoms with Crippen molar-refractivity contribution in [2.75, 3.05) is 0 Å². The van der Waals surface area contributed by atoms with Gasteiger partial charge in [0.25, 0.3) is 0 Å². The van der Waals surface area contributed by atoms with E-state index < -0.39 is 5.97 Å². The lowest BCUT2D eigenvalue weighted by molar-refractivity contribution is -0.211. The summed E-state index contributed by atoms with van der Waals surface area (Å²) in [6.07, 6.45) is 0. The maximum atomic E-state index is 10.5. The summed E-state index contributed by atoms with van der Waals surface area (Å²) < 4.78 is 0. The molecule has 0 amide bonds. The number of hydrogen-bond acceptors (Lipinski definition) is 3.